The fraction of sp³-hybridized carbons (Fsp3) is 0.632. The number of ether oxygens (including phenoxy) is 2. The van der Waals surface area contributed by atoms with E-state index >= 15 is 0 Å². The van der Waals surface area contributed by atoms with E-state index in [-0.39, 0.29) is 5.92 Å². The molecule has 0 aliphatic carbocycles. The molecule has 2 bridgehead atoms. The van der Waals surface area contributed by atoms with Crippen molar-refractivity contribution < 1.29 is 14.3 Å². The first-order chi connectivity index (χ1) is 12.1. The molecule has 1 amide bonds. The number of piperidine rings is 1. The smallest absolute Gasteiger partial charge is 0.227 e. The number of carbonyl (C=O) groups is 1. The third-order valence-electron chi connectivity index (χ3n) is 5.23. The van der Waals surface area contributed by atoms with Crippen LogP contribution in [0.15, 0.2) is 12.1 Å². The summed E-state index contributed by atoms with van der Waals surface area (Å²) in [6.07, 6.45) is 3.13. The summed E-state index contributed by atoms with van der Waals surface area (Å²) in [4.78, 5) is 17.2. The summed E-state index contributed by atoms with van der Waals surface area (Å²) in [7, 11) is 3.20. The fourth-order valence-corrected chi connectivity index (χ4v) is 4.42. The molecule has 3 fully saturated rings. The van der Waals surface area contributed by atoms with Crippen LogP contribution in [-0.4, -0.2) is 55.6 Å². The Hall–Kier alpha value is -1.46. The lowest BCUT2D eigenvalue weighted by Crippen LogP contribution is -2.48. The Bertz CT molecular complexity index is 637. The minimum atomic E-state index is 0.126. The molecule has 2 atom stereocenters. The molecule has 1 aromatic carbocycles. The minimum absolute atomic E-state index is 0.126. The number of hydrogen-bond donors (Lipinski definition) is 0. The van der Waals surface area contributed by atoms with Crippen LogP contribution in [-0.2, 0) is 11.3 Å². The number of fused-ring (bicyclic) bond motifs is 4. The minimum Gasteiger partial charge on any atom is -0.493 e. The van der Waals surface area contributed by atoms with E-state index in [0.717, 1.165) is 51.0 Å². The molecule has 0 spiro atoms. The monoisotopic (exact) mass is 366 g/mol. The van der Waals surface area contributed by atoms with Crippen LogP contribution in [0.25, 0.3) is 0 Å². The Morgan fingerprint density at radius 1 is 1.20 bits per heavy atom. The number of halogens is 1. The number of amides is 1. The van der Waals surface area contributed by atoms with Crippen LogP contribution in [0.5, 0.6) is 11.5 Å². The predicted molar refractivity (Wildman–Crippen MR) is 98.3 cm³/mol. The van der Waals surface area contributed by atoms with Gasteiger partial charge in [0, 0.05) is 32.2 Å². The molecule has 1 aromatic rings. The molecule has 0 N–H and O–H groups in total. The van der Waals surface area contributed by atoms with Crippen molar-refractivity contribution in [1.29, 1.82) is 0 Å². The molecule has 5 nitrogen and oxygen atoms in total. The zero-order chi connectivity index (χ0) is 18.0. The maximum absolute atomic E-state index is 12.7. The molecule has 0 unspecified atom stereocenters. The van der Waals surface area contributed by atoms with E-state index in [1.54, 1.807) is 14.2 Å². The van der Waals surface area contributed by atoms with E-state index < -0.39 is 0 Å². The van der Waals surface area contributed by atoms with Crippen molar-refractivity contribution in [3.63, 3.8) is 0 Å². The van der Waals surface area contributed by atoms with Gasteiger partial charge in [0.2, 0.25) is 5.91 Å². The van der Waals surface area contributed by atoms with Crippen molar-refractivity contribution in [2.45, 2.75) is 38.8 Å². The van der Waals surface area contributed by atoms with E-state index in [1.165, 1.54) is 0 Å². The van der Waals surface area contributed by atoms with Gasteiger partial charge in [-0.05, 0) is 37.0 Å². The zero-order valence-electron chi connectivity index (χ0n) is 15.3. The van der Waals surface area contributed by atoms with Crippen LogP contribution < -0.4 is 9.47 Å². The number of rotatable bonds is 6. The summed E-state index contributed by atoms with van der Waals surface area (Å²) in [5.74, 6) is 1.67. The second-order valence-corrected chi connectivity index (χ2v) is 7.37. The molecular weight excluding hydrogens is 340 g/mol. The average molecular weight is 367 g/mol. The van der Waals surface area contributed by atoms with Crippen molar-refractivity contribution in [3.05, 3.63) is 22.7 Å². The summed E-state index contributed by atoms with van der Waals surface area (Å²) in [5, 5.41) is 0.554. The first kappa shape index (κ1) is 18.3. The van der Waals surface area contributed by atoms with Crippen LogP contribution >= 0.6 is 11.6 Å². The standard InChI is InChI=1S/C19H27ClN2O3/c1-4-7-22-15-6-5-14(19(22)23)11-21(12-15)10-13-8-16(20)18(25-3)17(9-13)24-2/h8-9,14-15H,4-7,10-12H2,1-3H3/t14-,15+/m1/s1. The van der Waals surface area contributed by atoms with Gasteiger partial charge in [-0.15, -0.1) is 0 Å². The summed E-state index contributed by atoms with van der Waals surface area (Å²) in [5.41, 5.74) is 1.08. The Kier molecular flexibility index (Phi) is 5.74. The predicted octanol–water partition coefficient (Wildman–Crippen LogP) is 3.19. The van der Waals surface area contributed by atoms with E-state index in [0.29, 0.717) is 28.5 Å². The van der Waals surface area contributed by atoms with Gasteiger partial charge >= 0.3 is 0 Å². The van der Waals surface area contributed by atoms with Gasteiger partial charge in [-0.3, -0.25) is 9.69 Å². The second kappa shape index (κ2) is 7.83. The lowest BCUT2D eigenvalue weighted by atomic mass is 9.94. The summed E-state index contributed by atoms with van der Waals surface area (Å²) in [6.45, 7) is 5.52. The van der Waals surface area contributed by atoms with Crippen LogP contribution in [0, 0.1) is 5.92 Å². The highest BCUT2D eigenvalue weighted by Gasteiger charge is 2.40. The van der Waals surface area contributed by atoms with Gasteiger partial charge in [-0.1, -0.05) is 18.5 Å². The topological polar surface area (TPSA) is 42.0 Å². The van der Waals surface area contributed by atoms with Crippen molar-refractivity contribution >= 4 is 17.5 Å². The van der Waals surface area contributed by atoms with Gasteiger partial charge < -0.3 is 14.4 Å². The molecule has 3 aliphatic rings. The van der Waals surface area contributed by atoms with E-state index in [4.69, 9.17) is 21.1 Å². The van der Waals surface area contributed by atoms with Crippen LogP contribution in [0.1, 0.15) is 31.7 Å². The van der Waals surface area contributed by atoms with Gasteiger partial charge in [0.15, 0.2) is 11.5 Å². The normalized spacial score (nSPS) is 23.7. The molecule has 3 aliphatic heterocycles. The maximum Gasteiger partial charge on any atom is 0.227 e. The molecule has 6 heteroatoms. The number of nitrogens with zero attached hydrogens (tertiary/aromatic N) is 2. The highest BCUT2D eigenvalue weighted by atomic mass is 35.5. The summed E-state index contributed by atoms with van der Waals surface area (Å²) < 4.78 is 10.7. The highest BCUT2D eigenvalue weighted by Crippen LogP contribution is 2.37. The van der Waals surface area contributed by atoms with E-state index in [9.17, 15) is 4.79 Å². The number of methoxy groups -OCH3 is 2. The summed E-state index contributed by atoms with van der Waals surface area (Å²) >= 11 is 6.33. The van der Waals surface area contributed by atoms with E-state index in [2.05, 4.69) is 16.7 Å². The van der Waals surface area contributed by atoms with Crippen LogP contribution in [0.4, 0.5) is 0 Å². The number of benzene rings is 1. The molecule has 0 radical (unpaired) electrons. The quantitative estimate of drug-likeness (QED) is 0.775. The van der Waals surface area contributed by atoms with Crippen LogP contribution in [0.2, 0.25) is 5.02 Å². The Balaban J connectivity index is 1.78. The molecule has 25 heavy (non-hydrogen) atoms. The van der Waals surface area contributed by atoms with E-state index in [1.807, 2.05) is 12.1 Å². The zero-order valence-corrected chi connectivity index (χ0v) is 16.0. The summed E-state index contributed by atoms with van der Waals surface area (Å²) in [6, 6.07) is 4.24. The first-order valence-corrected chi connectivity index (χ1v) is 9.38. The highest BCUT2D eigenvalue weighted by molar-refractivity contribution is 6.32. The average Bonchev–Trinajstić information content (AvgIpc) is 2.86. The lowest BCUT2D eigenvalue weighted by Gasteiger charge is -2.35. The van der Waals surface area contributed by atoms with Gasteiger partial charge in [-0.25, -0.2) is 0 Å². The molecule has 3 saturated heterocycles. The van der Waals surface area contributed by atoms with Gasteiger partial charge in [0.05, 0.1) is 25.2 Å². The SMILES string of the molecule is CCCN1C(=O)[C@@H]2CC[C@H]1CN(Cc1cc(Cl)c(OC)c(OC)c1)C2. The van der Waals surface area contributed by atoms with Crippen molar-refractivity contribution in [1.82, 2.24) is 9.80 Å². The largest absolute Gasteiger partial charge is 0.493 e. The lowest BCUT2D eigenvalue weighted by molar-refractivity contribution is -0.139. The van der Waals surface area contributed by atoms with Crippen molar-refractivity contribution in [2.75, 3.05) is 33.9 Å². The Morgan fingerprint density at radius 3 is 2.68 bits per heavy atom. The molecule has 138 valence electrons. The van der Waals surface area contributed by atoms with Gasteiger partial charge in [0.25, 0.3) is 0 Å². The number of carbonyl (C=O) groups excluding carboxylic acids is 1. The molecule has 0 saturated carbocycles. The Morgan fingerprint density at radius 2 is 2.00 bits per heavy atom. The third kappa shape index (κ3) is 3.72. The molecule has 0 aromatic heterocycles. The van der Waals surface area contributed by atoms with Crippen molar-refractivity contribution in [3.8, 4) is 11.5 Å². The second-order valence-electron chi connectivity index (χ2n) is 6.97. The molecule has 4 rings (SSSR count). The molecular formula is C19H27ClN2O3. The van der Waals surface area contributed by atoms with Crippen LogP contribution in [0.3, 0.4) is 0 Å². The first-order valence-electron chi connectivity index (χ1n) is 9.00. The maximum atomic E-state index is 12.7. The van der Waals surface area contributed by atoms with Gasteiger partial charge in [0.1, 0.15) is 0 Å². The molecule has 3 heterocycles. The third-order valence-corrected chi connectivity index (χ3v) is 5.51. The number of hydrogen-bond acceptors (Lipinski definition) is 4. The van der Waals surface area contributed by atoms with Gasteiger partial charge in [-0.2, -0.15) is 0 Å². The Labute approximate surface area is 154 Å². The fourth-order valence-electron chi connectivity index (χ4n) is 4.11. The van der Waals surface area contributed by atoms with Crippen molar-refractivity contribution in [2.24, 2.45) is 5.92 Å².